The second-order valence-electron chi connectivity index (χ2n) is 5.96. The van der Waals surface area contributed by atoms with Gasteiger partial charge in [-0.25, -0.2) is 5.10 Å². The molecule has 140 valence electrons. The van der Waals surface area contributed by atoms with Crippen LogP contribution in [0.5, 0.6) is 0 Å². The lowest BCUT2D eigenvalue weighted by Crippen LogP contribution is -2.22. The van der Waals surface area contributed by atoms with Crippen molar-refractivity contribution in [3.05, 3.63) is 70.1 Å². The van der Waals surface area contributed by atoms with Gasteiger partial charge in [-0.2, -0.15) is 10.4 Å². The number of benzene rings is 2. The van der Waals surface area contributed by atoms with Gasteiger partial charge in [0.15, 0.2) is 6.61 Å². The number of nitrogens with one attached hydrogen (secondary N) is 2. The predicted octanol–water partition coefficient (Wildman–Crippen LogP) is 1.71. The maximum atomic E-state index is 12.0. The molecule has 8 heteroatoms. The monoisotopic (exact) mass is 376 g/mol. The van der Waals surface area contributed by atoms with E-state index in [2.05, 4.69) is 15.5 Å². The Kier molecular flexibility index (Phi) is 5.77. The lowest BCUT2D eigenvalue weighted by Gasteiger charge is -2.08. The van der Waals surface area contributed by atoms with Gasteiger partial charge in [0.05, 0.1) is 30.0 Å². The summed E-state index contributed by atoms with van der Waals surface area (Å²) in [6.07, 6.45) is 0.118. The lowest BCUT2D eigenvalue weighted by molar-refractivity contribution is -0.146. The van der Waals surface area contributed by atoms with E-state index >= 15 is 0 Å². The highest BCUT2D eigenvalue weighted by atomic mass is 16.5. The fourth-order valence-corrected chi connectivity index (χ4v) is 2.63. The smallest absolute Gasteiger partial charge is 0.312 e. The first-order chi connectivity index (χ1) is 13.6. The van der Waals surface area contributed by atoms with Crippen LogP contribution < -0.4 is 10.9 Å². The normalized spacial score (nSPS) is 10.2. The van der Waals surface area contributed by atoms with Crippen molar-refractivity contribution < 1.29 is 14.3 Å². The number of esters is 1. The van der Waals surface area contributed by atoms with Gasteiger partial charge in [0.1, 0.15) is 0 Å². The second kappa shape index (κ2) is 8.60. The number of carbonyl (C=O) groups excluding carboxylic acids is 2. The van der Waals surface area contributed by atoms with Crippen LogP contribution in [0.2, 0.25) is 0 Å². The van der Waals surface area contributed by atoms with E-state index in [9.17, 15) is 14.4 Å². The van der Waals surface area contributed by atoms with E-state index < -0.39 is 18.5 Å². The van der Waals surface area contributed by atoms with Crippen LogP contribution in [0.15, 0.2) is 53.3 Å². The lowest BCUT2D eigenvalue weighted by atomic mass is 10.1. The molecule has 0 saturated heterocycles. The highest BCUT2D eigenvalue weighted by Crippen LogP contribution is 2.13. The predicted molar refractivity (Wildman–Crippen MR) is 101 cm³/mol. The van der Waals surface area contributed by atoms with Crippen LogP contribution in [0.25, 0.3) is 10.8 Å². The maximum absolute atomic E-state index is 12.0. The molecule has 2 aromatic carbocycles. The van der Waals surface area contributed by atoms with Crippen LogP contribution in [0.4, 0.5) is 5.69 Å². The summed E-state index contributed by atoms with van der Waals surface area (Å²) in [7, 11) is 0. The second-order valence-corrected chi connectivity index (χ2v) is 5.96. The third kappa shape index (κ3) is 4.59. The van der Waals surface area contributed by atoms with Crippen molar-refractivity contribution in [2.45, 2.75) is 12.8 Å². The number of carbonyl (C=O) groups is 2. The number of amides is 1. The van der Waals surface area contributed by atoms with Crippen LogP contribution in [0, 0.1) is 11.3 Å². The van der Waals surface area contributed by atoms with Crippen molar-refractivity contribution in [1.82, 2.24) is 10.2 Å². The fraction of sp³-hybridized carbons (Fsp3) is 0.150. The van der Waals surface area contributed by atoms with Gasteiger partial charge in [-0.05, 0) is 23.8 Å². The third-order valence-corrected chi connectivity index (χ3v) is 3.97. The van der Waals surface area contributed by atoms with Gasteiger partial charge in [-0.15, -0.1) is 0 Å². The summed E-state index contributed by atoms with van der Waals surface area (Å²) in [5, 5.41) is 18.5. The molecule has 0 aliphatic rings. The van der Waals surface area contributed by atoms with Crippen molar-refractivity contribution in [3.63, 3.8) is 0 Å². The van der Waals surface area contributed by atoms with Gasteiger partial charge in [0.2, 0.25) is 0 Å². The van der Waals surface area contributed by atoms with Crippen LogP contribution in [0.1, 0.15) is 11.3 Å². The van der Waals surface area contributed by atoms with E-state index in [1.54, 1.807) is 48.5 Å². The van der Waals surface area contributed by atoms with E-state index in [0.29, 0.717) is 28.6 Å². The summed E-state index contributed by atoms with van der Waals surface area (Å²) >= 11 is 0. The maximum Gasteiger partial charge on any atom is 0.312 e. The molecular formula is C20H16N4O4. The van der Waals surface area contributed by atoms with Crippen molar-refractivity contribution >= 4 is 28.3 Å². The Morgan fingerprint density at radius 3 is 2.54 bits per heavy atom. The zero-order valence-electron chi connectivity index (χ0n) is 14.8. The summed E-state index contributed by atoms with van der Waals surface area (Å²) in [6.45, 7) is -0.444. The molecule has 0 radical (unpaired) electrons. The molecule has 28 heavy (non-hydrogen) atoms. The minimum absolute atomic E-state index is 0.173. The average Bonchev–Trinajstić information content (AvgIpc) is 2.70. The molecular weight excluding hydrogens is 360 g/mol. The van der Waals surface area contributed by atoms with E-state index in [4.69, 9.17) is 10.00 Å². The van der Waals surface area contributed by atoms with Gasteiger partial charge in [0.25, 0.3) is 11.5 Å². The molecule has 0 bridgehead atoms. The quantitative estimate of drug-likeness (QED) is 0.631. The number of hydrogen-bond acceptors (Lipinski definition) is 6. The minimum Gasteiger partial charge on any atom is -0.455 e. The zero-order chi connectivity index (χ0) is 19.9. The first kappa shape index (κ1) is 18.8. The minimum atomic E-state index is -0.635. The van der Waals surface area contributed by atoms with Crippen LogP contribution in [-0.2, 0) is 27.2 Å². The Bertz CT molecular complexity index is 1110. The van der Waals surface area contributed by atoms with E-state index in [1.807, 2.05) is 6.07 Å². The Hall–Kier alpha value is -3.99. The number of aromatic nitrogens is 2. The number of H-pyrrole nitrogens is 1. The molecule has 3 rings (SSSR count). The van der Waals surface area contributed by atoms with E-state index in [0.717, 1.165) is 5.56 Å². The topological polar surface area (TPSA) is 125 Å². The van der Waals surface area contributed by atoms with Gasteiger partial charge >= 0.3 is 5.97 Å². The average molecular weight is 376 g/mol. The molecule has 0 atom stereocenters. The van der Waals surface area contributed by atoms with Gasteiger partial charge in [0, 0.05) is 11.1 Å². The molecule has 1 aromatic heterocycles. The highest BCUT2D eigenvalue weighted by Gasteiger charge is 2.13. The zero-order valence-corrected chi connectivity index (χ0v) is 14.8. The standard InChI is InChI=1S/C20H16N4O4/c21-10-9-13-5-7-14(8-6-13)22-18(25)12-28-19(26)11-17-15-3-1-2-4-16(15)20(27)24-23-17/h1-8H,9,11-12H2,(H,22,25)(H,24,27). The molecule has 0 spiro atoms. The molecule has 0 aliphatic carbocycles. The number of hydrogen-bond donors (Lipinski definition) is 2. The summed E-state index contributed by atoms with van der Waals surface area (Å²) in [5.41, 5.74) is 1.41. The van der Waals surface area contributed by atoms with Crippen molar-refractivity contribution in [2.24, 2.45) is 0 Å². The fourth-order valence-electron chi connectivity index (χ4n) is 2.63. The Morgan fingerprint density at radius 1 is 1.11 bits per heavy atom. The summed E-state index contributed by atoms with van der Waals surface area (Å²) < 4.78 is 5.00. The number of nitriles is 1. The number of fused-ring (bicyclic) bond motifs is 1. The first-order valence-corrected chi connectivity index (χ1v) is 8.44. The van der Waals surface area contributed by atoms with Gasteiger partial charge < -0.3 is 10.1 Å². The third-order valence-electron chi connectivity index (χ3n) is 3.97. The number of nitrogens with zero attached hydrogens (tertiary/aromatic N) is 2. The SMILES string of the molecule is N#CCc1ccc(NC(=O)COC(=O)Cc2n[nH]c(=O)c3ccccc23)cc1. The molecule has 1 amide bonds. The van der Waals surface area contributed by atoms with Crippen LogP contribution >= 0.6 is 0 Å². The summed E-state index contributed by atoms with van der Waals surface area (Å²) in [6, 6.07) is 15.6. The molecule has 2 N–H and O–H groups in total. The van der Waals surface area contributed by atoms with Crippen molar-refractivity contribution in [2.75, 3.05) is 11.9 Å². The molecule has 1 heterocycles. The van der Waals surface area contributed by atoms with E-state index in [-0.39, 0.29) is 12.0 Å². The van der Waals surface area contributed by atoms with Crippen molar-refractivity contribution in [3.8, 4) is 6.07 Å². The summed E-state index contributed by atoms with van der Waals surface area (Å²) in [4.78, 5) is 35.7. The number of aromatic amines is 1. The van der Waals surface area contributed by atoms with Crippen LogP contribution in [-0.4, -0.2) is 28.7 Å². The molecule has 0 aliphatic heterocycles. The molecule has 0 unspecified atom stereocenters. The van der Waals surface area contributed by atoms with Crippen LogP contribution in [0.3, 0.4) is 0 Å². The molecule has 8 nitrogen and oxygen atoms in total. The molecule has 0 saturated carbocycles. The molecule has 3 aromatic rings. The largest absolute Gasteiger partial charge is 0.455 e. The number of anilines is 1. The number of rotatable bonds is 6. The Morgan fingerprint density at radius 2 is 1.82 bits per heavy atom. The highest BCUT2D eigenvalue weighted by molar-refractivity contribution is 5.93. The Labute approximate surface area is 159 Å². The van der Waals surface area contributed by atoms with E-state index in [1.165, 1.54) is 0 Å². The van der Waals surface area contributed by atoms with Gasteiger partial charge in [-0.3, -0.25) is 14.4 Å². The number of ether oxygens (including phenoxy) is 1. The molecule has 0 fully saturated rings. The van der Waals surface area contributed by atoms with Crippen molar-refractivity contribution in [1.29, 1.82) is 5.26 Å². The first-order valence-electron chi connectivity index (χ1n) is 8.44. The summed E-state index contributed by atoms with van der Waals surface area (Å²) in [5.74, 6) is -1.12. The Balaban J connectivity index is 1.56. The van der Waals surface area contributed by atoms with Gasteiger partial charge in [-0.1, -0.05) is 30.3 Å².